The average Bonchev–Trinajstić information content (AvgIpc) is 1.37. The molecule has 0 saturated carbocycles. The molecule has 0 aromatic carbocycles. The Morgan fingerprint density at radius 3 is 2.25 bits per heavy atom. The van der Waals surface area contributed by atoms with Gasteiger partial charge in [-0.3, -0.25) is 0 Å². The van der Waals surface area contributed by atoms with Crippen LogP contribution in [0, 0.1) is 0 Å². The molecule has 0 fully saturated rings. The summed E-state index contributed by atoms with van der Waals surface area (Å²) in [7, 11) is 3.92. The summed E-state index contributed by atoms with van der Waals surface area (Å²) in [4.78, 5) is 0. The van der Waals surface area contributed by atoms with Gasteiger partial charge in [0.05, 0.1) is 0 Å². The smallest absolute Gasteiger partial charge is 0.00620 e. The lowest BCUT2D eigenvalue weighted by atomic mass is 11.9. The van der Waals surface area contributed by atoms with Crippen LogP contribution in [0.15, 0.2) is 0 Å². The normalized spacial score (nSPS) is 7.00. The Morgan fingerprint density at radius 2 is 2.25 bits per heavy atom. The molecular weight excluding hydrogens is 106 g/mol. The van der Waals surface area contributed by atoms with Crippen LogP contribution in [0.2, 0.25) is 0 Å². The van der Waals surface area contributed by atoms with E-state index >= 15 is 0 Å². The molecule has 0 aliphatic heterocycles. The maximum atomic E-state index is 4.42. The van der Waals surface area contributed by atoms with Crippen molar-refractivity contribution < 1.29 is 0 Å². The molecule has 4 heavy (non-hydrogen) atoms. The Hall–Kier alpha value is 0.690. The molecule has 0 N–H and O–H groups in total. The summed E-state index contributed by atoms with van der Waals surface area (Å²) >= 11 is 4.42. The third-order valence-corrected chi connectivity index (χ3v) is 1.42. The lowest BCUT2D eigenvalue weighted by Crippen LogP contribution is -1.16. The Kier molecular flexibility index (Phi) is 4.33. The van der Waals surface area contributed by atoms with E-state index < -0.39 is 0 Å². The Labute approximate surface area is 34.3 Å². The Morgan fingerprint density at radius 1 is 2.00 bits per heavy atom. The summed E-state index contributed by atoms with van der Waals surface area (Å²) in [6, 6.07) is 0. The van der Waals surface area contributed by atoms with Crippen molar-refractivity contribution in [1.29, 1.82) is 0 Å². The van der Waals surface area contributed by atoms with Gasteiger partial charge in [0.2, 0.25) is 0 Å². The first kappa shape index (κ1) is 4.69. The van der Waals surface area contributed by atoms with Crippen LogP contribution in [-0.4, -0.2) is 5.54 Å². The van der Waals surface area contributed by atoms with Crippen molar-refractivity contribution in [2.75, 3.05) is 0 Å². The third-order valence-electron chi connectivity index (χ3n) is 0.0527. The molecule has 0 nitrogen and oxygen atoms in total. The number of hydrogen-bond acceptors (Lipinski definition) is 1. The predicted octanol–water partition coefficient (Wildman–Crippen LogP) is 1.30. The van der Waals surface area contributed by atoms with Gasteiger partial charge in [0, 0.05) is 7.36 Å². The maximum Gasteiger partial charge on any atom is 0.00620 e. The first-order chi connectivity index (χ1) is 1.91. The van der Waals surface area contributed by atoms with E-state index in [0.717, 1.165) is 7.36 Å². The molecule has 3 heteroatoms. The monoisotopic (exact) mass is 108 g/mol. The minimum atomic E-state index is 0.870. The van der Waals surface area contributed by atoms with Gasteiger partial charge in [-0.25, -0.2) is 0 Å². The molecule has 22 valence electrons. The summed E-state index contributed by atoms with van der Waals surface area (Å²) in [5, 5.41) is 0. The van der Waals surface area contributed by atoms with E-state index in [9.17, 15) is 0 Å². The highest BCUT2D eigenvalue weighted by Gasteiger charge is 1.35. The van der Waals surface area contributed by atoms with E-state index in [4.69, 9.17) is 0 Å². The van der Waals surface area contributed by atoms with Crippen molar-refractivity contribution in [2.45, 2.75) is 0 Å². The van der Waals surface area contributed by atoms with E-state index in [-0.39, 0.29) is 0 Å². The van der Waals surface area contributed by atoms with Gasteiger partial charge in [-0.15, -0.1) is 8.86 Å². The third kappa shape index (κ3) is 2.69. The van der Waals surface area contributed by atoms with Crippen LogP contribution in [-0.2, 0) is 11.8 Å². The Bertz CT molecular complexity index is 27.0. The zero-order chi connectivity index (χ0) is 3.41. The summed E-state index contributed by atoms with van der Waals surface area (Å²) < 4.78 is 0. The predicted molar refractivity (Wildman–Crippen MR) is 28.7 cm³/mol. The van der Waals surface area contributed by atoms with Crippen LogP contribution in [0.5, 0.6) is 0 Å². The molecule has 0 unspecified atom stereocenters. The molecule has 0 heterocycles. The van der Waals surface area contributed by atoms with Crippen LogP contribution < -0.4 is 0 Å². The molecule has 0 aromatic rings. The standard InChI is InChI=1S/CH2P2S/c2-1-3-4/h1-2H. The lowest BCUT2D eigenvalue weighted by Gasteiger charge is -1.38. The quantitative estimate of drug-likeness (QED) is 0.456. The molecule has 0 aliphatic rings. The van der Waals surface area contributed by atoms with Gasteiger partial charge in [-0.1, -0.05) is 11.8 Å². The Balaban J connectivity index is 2.73. The molecule has 0 rings (SSSR count). The van der Waals surface area contributed by atoms with Gasteiger partial charge < -0.3 is 0 Å². The largest absolute Gasteiger partial charge is 0.116 e. The second kappa shape index (κ2) is 3.69. The van der Waals surface area contributed by atoms with Gasteiger partial charge in [0.15, 0.2) is 0 Å². The van der Waals surface area contributed by atoms with Crippen molar-refractivity contribution in [2.24, 2.45) is 0 Å². The van der Waals surface area contributed by atoms with E-state index in [1.54, 1.807) is 5.54 Å². The lowest BCUT2D eigenvalue weighted by molar-refractivity contribution is 4.39. The van der Waals surface area contributed by atoms with E-state index in [1.165, 1.54) is 0 Å². The molecular formula is CH2P2S. The fraction of sp³-hybridized carbons (Fsp3) is 0. The minimum absolute atomic E-state index is 0.870. The number of hydrogen-bond donors (Lipinski definition) is 0. The van der Waals surface area contributed by atoms with Crippen LogP contribution in [0.25, 0.3) is 0 Å². The summed E-state index contributed by atoms with van der Waals surface area (Å²) in [6.07, 6.45) is 0. The average molecular weight is 108 g/mol. The van der Waals surface area contributed by atoms with Crippen LogP contribution in [0.4, 0.5) is 0 Å². The SMILES string of the molecule is P=CP=S. The van der Waals surface area contributed by atoms with Crippen molar-refractivity contribution in [1.82, 2.24) is 0 Å². The summed E-state index contributed by atoms with van der Waals surface area (Å²) in [5.41, 5.74) is 1.72. The highest BCUT2D eigenvalue weighted by atomic mass is 32.4. The van der Waals surface area contributed by atoms with Gasteiger partial charge in [0.1, 0.15) is 0 Å². The van der Waals surface area contributed by atoms with Gasteiger partial charge in [-0.05, 0) is 5.54 Å². The van der Waals surface area contributed by atoms with Gasteiger partial charge in [0.25, 0.3) is 0 Å². The van der Waals surface area contributed by atoms with Gasteiger partial charge >= 0.3 is 0 Å². The molecule has 0 bridgehead atoms. The maximum absolute atomic E-state index is 4.42. The molecule has 0 aliphatic carbocycles. The van der Waals surface area contributed by atoms with Crippen molar-refractivity contribution >= 4 is 33.6 Å². The molecule has 0 aromatic heterocycles. The molecule has 0 amide bonds. The van der Waals surface area contributed by atoms with Crippen LogP contribution >= 0.6 is 16.2 Å². The van der Waals surface area contributed by atoms with E-state index in [0.29, 0.717) is 0 Å². The van der Waals surface area contributed by atoms with Crippen LogP contribution in [0.1, 0.15) is 0 Å². The van der Waals surface area contributed by atoms with Crippen molar-refractivity contribution in [3.63, 3.8) is 0 Å². The zero-order valence-electron chi connectivity index (χ0n) is 1.93. The molecule has 0 spiro atoms. The van der Waals surface area contributed by atoms with Crippen molar-refractivity contribution in [3.05, 3.63) is 0 Å². The first-order valence-electron chi connectivity index (χ1n) is 0.729. The van der Waals surface area contributed by atoms with Crippen molar-refractivity contribution in [3.8, 4) is 0 Å². The van der Waals surface area contributed by atoms with Crippen LogP contribution in [0.3, 0.4) is 0 Å². The fourth-order valence-corrected chi connectivity index (χ4v) is 0. The highest BCUT2D eigenvalue weighted by Crippen LogP contribution is 1.79. The van der Waals surface area contributed by atoms with Gasteiger partial charge in [-0.2, -0.15) is 0 Å². The van der Waals surface area contributed by atoms with E-state index in [1.807, 2.05) is 0 Å². The van der Waals surface area contributed by atoms with E-state index in [2.05, 4.69) is 20.7 Å². The molecule has 0 atom stereocenters. The summed E-state index contributed by atoms with van der Waals surface area (Å²) in [6.45, 7) is 0. The summed E-state index contributed by atoms with van der Waals surface area (Å²) in [5.74, 6) is 0. The topological polar surface area (TPSA) is 0 Å². The molecule has 0 saturated heterocycles. The molecule has 0 radical (unpaired) electrons. The second-order valence-electron chi connectivity index (χ2n) is 0.235. The number of rotatable bonds is 1. The minimum Gasteiger partial charge on any atom is -0.116 e. The second-order valence-corrected chi connectivity index (χ2v) is 2.11. The first-order valence-corrected chi connectivity index (χ1v) is 3.28. The highest BCUT2D eigenvalue weighted by molar-refractivity contribution is 8.04. The fourth-order valence-electron chi connectivity index (χ4n) is 0. The zero-order valence-corrected chi connectivity index (χ0v) is 4.64.